The highest BCUT2D eigenvalue weighted by Crippen LogP contribution is 2.71. The second kappa shape index (κ2) is 13.4. The Kier molecular flexibility index (Phi) is 8.76. The number of hydrogen-bond donors (Lipinski definition) is 0. The molecule has 0 unspecified atom stereocenters. The lowest BCUT2D eigenvalue weighted by atomic mass is 9.44. The Morgan fingerprint density at radius 1 is 0.696 bits per heavy atom. The maximum absolute atomic E-state index is 14.5. The van der Waals surface area contributed by atoms with Gasteiger partial charge in [-0.05, 0) is 161 Å². The summed E-state index contributed by atoms with van der Waals surface area (Å²) in [6, 6.07) is 23.9. The molecule has 6 fully saturated rings. The highest BCUT2D eigenvalue weighted by molar-refractivity contribution is 6.09. The van der Waals surface area contributed by atoms with E-state index in [1.54, 1.807) is 0 Å². The summed E-state index contributed by atoms with van der Waals surface area (Å²) in [6.07, 6.45) is 11.6. The third kappa shape index (κ3) is 5.55. The number of carbonyl (C=O) groups excluding carboxylic acids is 2. The topological polar surface area (TPSA) is 71.1 Å². The van der Waals surface area contributed by atoms with Gasteiger partial charge in [0.25, 0.3) is 0 Å². The first kappa shape index (κ1) is 36.6. The van der Waals surface area contributed by atoms with Crippen molar-refractivity contribution in [3.05, 3.63) is 83.9 Å². The van der Waals surface area contributed by atoms with Gasteiger partial charge in [-0.3, -0.25) is 0 Å². The van der Waals surface area contributed by atoms with E-state index in [0.29, 0.717) is 69.3 Å². The van der Waals surface area contributed by atoms with Gasteiger partial charge in [0.05, 0.1) is 30.9 Å². The number of methoxy groups -OCH3 is 1. The van der Waals surface area contributed by atoms with E-state index in [1.807, 2.05) is 72.8 Å². The van der Waals surface area contributed by atoms with Gasteiger partial charge in [-0.2, -0.15) is 0 Å². The van der Waals surface area contributed by atoms with Gasteiger partial charge < -0.3 is 18.9 Å². The molecule has 2 heterocycles. The third-order valence-electron chi connectivity index (χ3n) is 16.8. The van der Waals surface area contributed by atoms with E-state index < -0.39 is 5.97 Å². The molecule has 4 aliphatic carbocycles. The Labute approximate surface area is 332 Å². The van der Waals surface area contributed by atoms with Gasteiger partial charge in [0.2, 0.25) is 0 Å². The number of rotatable bonds is 4. The normalized spacial score (nSPS) is 38.8. The molecule has 4 saturated carbocycles. The van der Waals surface area contributed by atoms with Crippen LogP contribution in [-0.2, 0) is 18.9 Å². The zero-order chi connectivity index (χ0) is 38.6. The first-order valence-corrected chi connectivity index (χ1v) is 21.7. The Bertz CT molecular complexity index is 2200. The van der Waals surface area contributed by atoms with Crippen molar-refractivity contribution in [1.82, 2.24) is 0 Å². The van der Waals surface area contributed by atoms with Crippen LogP contribution in [0.15, 0.2) is 72.8 Å². The lowest BCUT2D eigenvalue weighted by Gasteiger charge is -2.61. The highest BCUT2D eigenvalue weighted by atomic mass is 16.7. The van der Waals surface area contributed by atoms with Gasteiger partial charge in [-0.15, -0.1) is 0 Å². The Hall–Kier alpha value is -3.74. The number of fused-ring (bicyclic) bond motifs is 9. The first-order chi connectivity index (χ1) is 27.0. The largest absolute Gasteiger partial charge is 0.465 e. The molecule has 2 aliphatic heterocycles. The van der Waals surface area contributed by atoms with Gasteiger partial charge in [0.15, 0.2) is 5.79 Å². The molecule has 2 saturated heterocycles. The van der Waals surface area contributed by atoms with Gasteiger partial charge in [0, 0.05) is 12.3 Å². The quantitative estimate of drug-likeness (QED) is 0.193. The smallest absolute Gasteiger partial charge is 0.339 e. The molecule has 6 aliphatic rings. The van der Waals surface area contributed by atoms with Crippen LogP contribution in [-0.4, -0.2) is 43.7 Å². The molecule has 4 aromatic carbocycles. The summed E-state index contributed by atoms with van der Waals surface area (Å²) >= 11 is 0. The summed E-state index contributed by atoms with van der Waals surface area (Å²) in [6.45, 7) is 10.8. The fourth-order valence-electron chi connectivity index (χ4n) is 13.9. The molecule has 6 nitrogen and oxygen atoms in total. The minimum atomic E-state index is -0.428. The van der Waals surface area contributed by atoms with Crippen LogP contribution in [0.3, 0.4) is 0 Å². The van der Waals surface area contributed by atoms with E-state index in [-0.39, 0.29) is 23.3 Å². The molecule has 0 amide bonds. The Balaban J connectivity index is 0.890. The standard InChI is InChI=1S/C50H58O6/c1-29-16-21-50(54-28-29)30(2)45-44(56-50)27-43-37-15-14-35-26-36(17-19-48(35,3)42(37)18-20-49(43,45)4)55-47(52)41-25-34-13-9-7-11-32(34)23-39(41)38-22-31-10-6-8-12-33(31)24-40(38)46(51)53-5/h6-13,22-25,29-30,35-37,42-45H,14-21,26-28H2,1-5H3/t29-,30+,35+,36+,37-,42+,43+,44+,45+,48+,49+,50-/m1/s1. The lowest BCUT2D eigenvalue weighted by molar-refractivity contribution is -0.273. The summed E-state index contributed by atoms with van der Waals surface area (Å²) in [4.78, 5) is 27.7. The second-order valence-electron chi connectivity index (χ2n) is 19.5. The van der Waals surface area contributed by atoms with Crippen molar-refractivity contribution in [1.29, 1.82) is 0 Å². The van der Waals surface area contributed by atoms with Gasteiger partial charge in [0.1, 0.15) is 6.10 Å². The maximum atomic E-state index is 14.5. The van der Waals surface area contributed by atoms with Gasteiger partial charge in [-0.1, -0.05) is 76.2 Å². The number of esters is 2. The van der Waals surface area contributed by atoms with Crippen LogP contribution < -0.4 is 0 Å². The molecule has 0 bridgehead atoms. The van der Waals surface area contributed by atoms with Gasteiger partial charge in [-0.25, -0.2) is 9.59 Å². The van der Waals surface area contributed by atoms with Crippen molar-refractivity contribution in [3.63, 3.8) is 0 Å². The average molecular weight is 755 g/mol. The van der Waals surface area contributed by atoms with E-state index in [0.717, 1.165) is 59.8 Å². The summed E-state index contributed by atoms with van der Waals surface area (Å²) in [5.74, 6) is 3.25. The van der Waals surface area contributed by atoms with Crippen molar-refractivity contribution < 1.29 is 28.5 Å². The molecule has 12 atom stereocenters. The summed E-state index contributed by atoms with van der Waals surface area (Å²) in [7, 11) is 1.41. The molecule has 56 heavy (non-hydrogen) atoms. The fraction of sp³-hybridized carbons (Fsp3) is 0.560. The van der Waals surface area contributed by atoms with Crippen molar-refractivity contribution in [3.8, 4) is 11.1 Å². The lowest BCUT2D eigenvalue weighted by Crippen LogP contribution is -2.55. The van der Waals surface area contributed by atoms with Crippen LogP contribution in [0, 0.1) is 52.3 Å². The van der Waals surface area contributed by atoms with Crippen LogP contribution in [0.4, 0.5) is 0 Å². The highest BCUT2D eigenvalue weighted by Gasteiger charge is 2.69. The molecule has 10 rings (SSSR count). The fourth-order valence-corrected chi connectivity index (χ4v) is 13.9. The molecule has 0 N–H and O–H groups in total. The van der Waals surface area contributed by atoms with Crippen molar-refractivity contribution in [2.45, 2.75) is 110 Å². The predicted molar refractivity (Wildman–Crippen MR) is 219 cm³/mol. The van der Waals surface area contributed by atoms with E-state index >= 15 is 0 Å². The number of carbonyl (C=O) groups is 2. The molecular weight excluding hydrogens is 697 g/mol. The third-order valence-corrected chi connectivity index (χ3v) is 16.8. The van der Waals surface area contributed by atoms with Crippen molar-refractivity contribution in [2.24, 2.45) is 52.3 Å². The Morgan fingerprint density at radius 3 is 1.95 bits per heavy atom. The molecule has 6 heteroatoms. The predicted octanol–water partition coefficient (Wildman–Crippen LogP) is 11.4. The minimum absolute atomic E-state index is 0.128. The van der Waals surface area contributed by atoms with E-state index in [2.05, 4.69) is 27.7 Å². The molecule has 4 aromatic rings. The van der Waals surface area contributed by atoms with Crippen LogP contribution in [0.5, 0.6) is 0 Å². The zero-order valence-corrected chi connectivity index (χ0v) is 33.9. The summed E-state index contributed by atoms with van der Waals surface area (Å²) < 4.78 is 25.4. The van der Waals surface area contributed by atoms with Crippen molar-refractivity contribution >= 4 is 33.5 Å². The Morgan fingerprint density at radius 2 is 1.32 bits per heavy atom. The van der Waals surface area contributed by atoms with E-state index in [9.17, 15) is 9.59 Å². The van der Waals surface area contributed by atoms with E-state index in [4.69, 9.17) is 18.9 Å². The van der Waals surface area contributed by atoms with Crippen LogP contribution in [0.25, 0.3) is 32.7 Å². The SMILES string of the molecule is COC(=O)c1cc2ccccc2cc1-c1cc2ccccc2cc1C(=O)O[C@H]1CC[C@@]2(C)[C@@H](CC[C@@H]3[C@@H]2CC[C@]2(C)[C@@H]4[C@H](C[C@@H]32)O[C@]2(CC[C@@H](C)CO2)[C@H]4C)C1. The van der Waals surface area contributed by atoms with Crippen LogP contribution >= 0.6 is 0 Å². The molecular formula is C50H58O6. The minimum Gasteiger partial charge on any atom is -0.465 e. The molecule has 0 radical (unpaired) electrons. The first-order valence-electron chi connectivity index (χ1n) is 21.7. The average Bonchev–Trinajstić information content (AvgIpc) is 3.66. The molecule has 0 aromatic heterocycles. The van der Waals surface area contributed by atoms with Crippen molar-refractivity contribution in [2.75, 3.05) is 13.7 Å². The summed E-state index contributed by atoms with van der Waals surface area (Å²) in [5, 5.41) is 3.90. The second-order valence-corrected chi connectivity index (χ2v) is 19.5. The summed E-state index contributed by atoms with van der Waals surface area (Å²) in [5.41, 5.74) is 2.88. The monoisotopic (exact) mass is 754 g/mol. The van der Waals surface area contributed by atoms with E-state index in [1.165, 1.54) is 45.6 Å². The number of ether oxygens (including phenoxy) is 4. The van der Waals surface area contributed by atoms with Crippen LogP contribution in [0.1, 0.15) is 113 Å². The zero-order valence-electron chi connectivity index (χ0n) is 33.9. The maximum Gasteiger partial charge on any atom is 0.339 e. The number of hydrogen-bond acceptors (Lipinski definition) is 6. The molecule has 1 spiro atoms. The number of benzene rings is 4. The molecule has 294 valence electrons. The van der Waals surface area contributed by atoms with Crippen LogP contribution in [0.2, 0.25) is 0 Å². The van der Waals surface area contributed by atoms with Gasteiger partial charge >= 0.3 is 11.9 Å².